The van der Waals surface area contributed by atoms with Crippen LogP contribution in [0.3, 0.4) is 0 Å². The first kappa shape index (κ1) is 20.0. The third-order valence-corrected chi connectivity index (χ3v) is 3.94. The van der Waals surface area contributed by atoms with Crippen molar-refractivity contribution in [2.45, 2.75) is 33.0 Å². The Balaban J connectivity index is 2.47. The van der Waals surface area contributed by atoms with E-state index in [0.29, 0.717) is 12.1 Å². The molecule has 0 aromatic heterocycles. The first-order chi connectivity index (χ1) is 12.4. The van der Waals surface area contributed by atoms with Gasteiger partial charge in [-0.25, -0.2) is 0 Å². The number of benzene rings is 2. The van der Waals surface area contributed by atoms with Crippen molar-refractivity contribution >= 4 is 5.97 Å². The van der Waals surface area contributed by atoms with E-state index in [2.05, 4.69) is 5.32 Å². The standard InChI is InChI=1S/C20H22F3NO2/c1-3-24-13-15-7-5-6-8-17(15)14-9-10-18(20(21,22)23)16(11-14)12-19(25)26-4-2/h5-11,24H,3-4,12-13H2,1-2H3. The third-order valence-electron chi connectivity index (χ3n) is 3.94. The van der Waals surface area contributed by atoms with Crippen molar-refractivity contribution in [3.8, 4) is 11.1 Å². The van der Waals surface area contributed by atoms with E-state index in [1.807, 2.05) is 31.2 Å². The lowest BCUT2D eigenvalue weighted by molar-refractivity contribution is -0.143. The van der Waals surface area contributed by atoms with Crippen LogP contribution in [0.25, 0.3) is 11.1 Å². The molecule has 0 spiro atoms. The van der Waals surface area contributed by atoms with Crippen molar-refractivity contribution in [3.05, 3.63) is 59.2 Å². The molecule has 0 unspecified atom stereocenters. The van der Waals surface area contributed by atoms with Gasteiger partial charge in [-0.3, -0.25) is 4.79 Å². The zero-order valence-corrected chi connectivity index (χ0v) is 14.8. The fourth-order valence-corrected chi connectivity index (χ4v) is 2.77. The fraction of sp³-hybridized carbons (Fsp3) is 0.350. The molecule has 0 aliphatic rings. The highest BCUT2D eigenvalue weighted by molar-refractivity contribution is 5.75. The van der Waals surface area contributed by atoms with Gasteiger partial charge in [0.25, 0.3) is 0 Å². The van der Waals surface area contributed by atoms with Crippen molar-refractivity contribution < 1.29 is 22.7 Å². The molecule has 0 aliphatic carbocycles. The lowest BCUT2D eigenvalue weighted by Crippen LogP contribution is -2.15. The number of esters is 1. The van der Waals surface area contributed by atoms with Gasteiger partial charge in [-0.05, 0) is 47.9 Å². The second kappa shape index (κ2) is 8.85. The molecule has 1 N–H and O–H groups in total. The highest BCUT2D eigenvalue weighted by Crippen LogP contribution is 2.35. The molecular formula is C20H22F3NO2. The van der Waals surface area contributed by atoms with Gasteiger partial charge in [0, 0.05) is 6.54 Å². The minimum absolute atomic E-state index is 0.0771. The summed E-state index contributed by atoms with van der Waals surface area (Å²) in [6.07, 6.45) is -4.93. The Morgan fingerprint density at radius 1 is 1.08 bits per heavy atom. The SMILES string of the molecule is CCNCc1ccccc1-c1ccc(C(F)(F)F)c(CC(=O)OCC)c1. The van der Waals surface area contributed by atoms with Gasteiger partial charge in [0.05, 0.1) is 18.6 Å². The number of rotatable bonds is 7. The second-order valence-electron chi connectivity index (χ2n) is 5.79. The van der Waals surface area contributed by atoms with Crippen LogP contribution in [0, 0.1) is 0 Å². The molecule has 2 aromatic rings. The van der Waals surface area contributed by atoms with Crippen LogP contribution in [-0.4, -0.2) is 19.1 Å². The summed E-state index contributed by atoms with van der Waals surface area (Å²) >= 11 is 0. The molecule has 0 saturated carbocycles. The number of hydrogen-bond acceptors (Lipinski definition) is 3. The topological polar surface area (TPSA) is 38.3 Å². The van der Waals surface area contributed by atoms with Gasteiger partial charge >= 0.3 is 12.1 Å². The highest BCUT2D eigenvalue weighted by atomic mass is 19.4. The first-order valence-electron chi connectivity index (χ1n) is 8.51. The van der Waals surface area contributed by atoms with Crippen molar-refractivity contribution in [1.82, 2.24) is 5.32 Å². The number of carbonyl (C=O) groups excluding carboxylic acids is 1. The maximum Gasteiger partial charge on any atom is 0.416 e. The lowest BCUT2D eigenvalue weighted by Gasteiger charge is -2.16. The predicted molar refractivity (Wildman–Crippen MR) is 94.6 cm³/mol. The van der Waals surface area contributed by atoms with Crippen molar-refractivity contribution in [1.29, 1.82) is 0 Å². The molecule has 0 saturated heterocycles. The Hall–Kier alpha value is -2.34. The van der Waals surface area contributed by atoms with E-state index in [4.69, 9.17) is 4.74 Å². The summed E-state index contributed by atoms with van der Waals surface area (Å²) in [7, 11) is 0. The summed E-state index contributed by atoms with van der Waals surface area (Å²) in [5, 5.41) is 3.22. The predicted octanol–water partition coefficient (Wildman–Crippen LogP) is 4.59. The maximum absolute atomic E-state index is 13.3. The normalized spacial score (nSPS) is 11.4. The Morgan fingerprint density at radius 2 is 1.81 bits per heavy atom. The zero-order valence-electron chi connectivity index (χ0n) is 14.8. The maximum atomic E-state index is 13.3. The molecule has 26 heavy (non-hydrogen) atoms. The van der Waals surface area contributed by atoms with Crippen LogP contribution in [-0.2, 0) is 28.7 Å². The Bertz CT molecular complexity index is 757. The smallest absolute Gasteiger partial charge is 0.416 e. The number of ether oxygens (including phenoxy) is 1. The number of nitrogens with one attached hydrogen (secondary N) is 1. The van der Waals surface area contributed by atoms with Crippen LogP contribution >= 0.6 is 0 Å². The molecule has 2 aromatic carbocycles. The summed E-state index contributed by atoms with van der Waals surface area (Å²) in [6.45, 7) is 5.13. The molecule has 2 rings (SSSR count). The van der Waals surface area contributed by atoms with Crippen molar-refractivity contribution in [3.63, 3.8) is 0 Å². The quantitative estimate of drug-likeness (QED) is 0.730. The molecule has 6 heteroatoms. The monoisotopic (exact) mass is 365 g/mol. The van der Waals surface area contributed by atoms with E-state index < -0.39 is 24.1 Å². The molecule has 3 nitrogen and oxygen atoms in total. The van der Waals surface area contributed by atoms with Crippen LogP contribution in [0.5, 0.6) is 0 Å². The average Bonchev–Trinajstić information content (AvgIpc) is 2.59. The van der Waals surface area contributed by atoms with E-state index in [9.17, 15) is 18.0 Å². The molecule has 0 fully saturated rings. The molecule has 0 radical (unpaired) electrons. The van der Waals surface area contributed by atoms with Gasteiger partial charge in [-0.1, -0.05) is 37.3 Å². The summed E-state index contributed by atoms with van der Waals surface area (Å²) < 4.78 is 44.7. The molecule has 0 aliphatic heterocycles. The van der Waals surface area contributed by atoms with Crippen LogP contribution in [0.4, 0.5) is 13.2 Å². The molecular weight excluding hydrogens is 343 g/mol. The largest absolute Gasteiger partial charge is 0.466 e. The summed E-state index contributed by atoms with van der Waals surface area (Å²) in [5.41, 5.74) is 1.58. The molecule has 140 valence electrons. The Kier molecular flexibility index (Phi) is 6.80. The number of carbonyl (C=O) groups is 1. The minimum atomic E-state index is -4.52. The van der Waals surface area contributed by atoms with Crippen LogP contribution in [0.15, 0.2) is 42.5 Å². The summed E-state index contributed by atoms with van der Waals surface area (Å²) in [5.74, 6) is -0.670. The van der Waals surface area contributed by atoms with Gasteiger partial charge < -0.3 is 10.1 Å². The molecule has 0 heterocycles. The van der Waals surface area contributed by atoms with E-state index in [-0.39, 0.29) is 12.2 Å². The van der Waals surface area contributed by atoms with E-state index >= 15 is 0 Å². The van der Waals surface area contributed by atoms with Crippen LogP contribution in [0.1, 0.15) is 30.5 Å². The van der Waals surface area contributed by atoms with Gasteiger partial charge in [0.15, 0.2) is 0 Å². The average molecular weight is 365 g/mol. The van der Waals surface area contributed by atoms with Crippen LogP contribution < -0.4 is 5.32 Å². The number of hydrogen-bond donors (Lipinski definition) is 1. The molecule has 0 amide bonds. The van der Waals surface area contributed by atoms with Crippen molar-refractivity contribution in [2.24, 2.45) is 0 Å². The second-order valence-corrected chi connectivity index (χ2v) is 5.79. The van der Waals surface area contributed by atoms with Gasteiger partial charge in [-0.2, -0.15) is 13.2 Å². The van der Waals surface area contributed by atoms with Gasteiger partial charge in [-0.15, -0.1) is 0 Å². The highest BCUT2D eigenvalue weighted by Gasteiger charge is 2.34. The Morgan fingerprint density at radius 3 is 2.46 bits per heavy atom. The minimum Gasteiger partial charge on any atom is -0.466 e. The van der Waals surface area contributed by atoms with Gasteiger partial charge in [0.1, 0.15) is 0 Å². The van der Waals surface area contributed by atoms with Crippen LogP contribution in [0.2, 0.25) is 0 Å². The number of halogens is 3. The van der Waals surface area contributed by atoms with E-state index in [0.717, 1.165) is 23.7 Å². The fourth-order valence-electron chi connectivity index (χ4n) is 2.77. The van der Waals surface area contributed by atoms with Crippen molar-refractivity contribution in [2.75, 3.05) is 13.2 Å². The van der Waals surface area contributed by atoms with E-state index in [1.54, 1.807) is 6.92 Å². The lowest BCUT2D eigenvalue weighted by atomic mass is 9.94. The Labute approximate surface area is 151 Å². The van der Waals surface area contributed by atoms with Gasteiger partial charge in [0.2, 0.25) is 0 Å². The number of alkyl halides is 3. The zero-order chi connectivity index (χ0) is 19.2. The summed E-state index contributed by atoms with van der Waals surface area (Å²) in [4.78, 5) is 11.7. The molecule has 0 atom stereocenters. The third kappa shape index (κ3) is 5.08. The van der Waals surface area contributed by atoms with E-state index in [1.165, 1.54) is 12.1 Å². The first-order valence-corrected chi connectivity index (χ1v) is 8.51. The molecule has 0 bridgehead atoms. The summed E-state index contributed by atoms with van der Waals surface area (Å²) in [6, 6.07) is 11.4.